The zero-order chi connectivity index (χ0) is 13.7. The molecule has 0 saturated heterocycles. The van der Waals surface area contributed by atoms with Gasteiger partial charge in [0.25, 0.3) is 0 Å². The number of carbonyl (C=O) groups is 2. The molecule has 1 rings (SSSR count). The highest BCUT2D eigenvalue weighted by molar-refractivity contribution is 5.90. The molecule has 8 nitrogen and oxygen atoms in total. The Labute approximate surface area is 104 Å². The number of carboxylic acids is 1. The molecule has 1 atom stereocenters. The third kappa shape index (κ3) is 4.13. The Morgan fingerprint density at radius 2 is 2.00 bits per heavy atom. The molecule has 0 aliphatic rings. The average molecular weight is 256 g/mol. The molecule has 18 heavy (non-hydrogen) atoms. The Kier molecular flexibility index (Phi) is 4.78. The number of aromatic nitrogens is 2. The predicted molar refractivity (Wildman–Crippen MR) is 62.1 cm³/mol. The molecule has 0 spiro atoms. The molecular weight excluding hydrogens is 240 g/mol. The van der Waals surface area contributed by atoms with Gasteiger partial charge in [-0.3, -0.25) is 20.2 Å². The number of nitrogens with one attached hydrogen (secondary N) is 2. The molecule has 100 valence electrons. The second-order valence-corrected chi connectivity index (χ2v) is 4.09. The van der Waals surface area contributed by atoms with Gasteiger partial charge in [0, 0.05) is 5.92 Å². The smallest absolute Gasteiger partial charge is 0.322 e. The molecule has 0 aromatic carbocycles. The van der Waals surface area contributed by atoms with Gasteiger partial charge in [-0.2, -0.15) is 0 Å². The van der Waals surface area contributed by atoms with Crippen molar-refractivity contribution in [3.63, 3.8) is 0 Å². The first-order valence-corrected chi connectivity index (χ1v) is 5.49. The number of rotatable bonds is 6. The summed E-state index contributed by atoms with van der Waals surface area (Å²) < 4.78 is 5.17. The molecule has 3 N–H and O–H groups in total. The first-order chi connectivity index (χ1) is 8.40. The van der Waals surface area contributed by atoms with E-state index < -0.39 is 17.9 Å². The minimum absolute atomic E-state index is 0.00785. The van der Waals surface area contributed by atoms with Crippen LogP contribution in [0.3, 0.4) is 0 Å². The standard InChI is InChI=1S/C10H16N4O4/c1-5(2)8-13-14-10(18-8)12-7(15)4-11-6(3)9(16)17/h5-6,11H,4H2,1-3H3,(H,16,17)(H,12,14,15)/t6-/m1/s1. The molecule has 0 aliphatic heterocycles. The Bertz CT molecular complexity index is 429. The predicted octanol–water partition coefficient (Wildman–Crippen LogP) is 0.194. The topological polar surface area (TPSA) is 117 Å². The lowest BCUT2D eigenvalue weighted by atomic mass is 10.2. The van der Waals surface area contributed by atoms with Crippen LogP contribution in [0, 0.1) is 0 Å². The van der Waals surface area contributed by atoms with Crippen molar-refractivity contribution >= 4 is 17.9 Å². The monoisotopic (exact) mass is 256 g/mol. The fourth-order valence-electron chi connectivity index (χ4n) is 1.01. The fourth-order valence-corrected chi connectivity index (χ4v) is 1.01. The highest BCUT2D eigenvalue weighted by Crippen LogP contribution is 2.14. The molecule has 1 heterocycles. The summed E-state index contributed by atoms with van der Waals surface area (Å²) in [6.45, 7) is 5.07. The molecule has 8 heteroatoms. The van der Waals surface area contributed by atoms with Crippen LogP contribution in [0.15, 0.2) is 4.42 Å². The van der Waals surface area contributed by atoms with Crippen molar-refractivity contribution in [2.45, 2.75) is 32.7 Å². The highest BCUT2D eigenvalue weighted by Gasteiger charge is 2.14. The van der Waals surface area contributed by atoms with Crippen molar-refractivity contribution in [3.05, 3.63) is 5.89 Å². The lowest BCUT2D eigenvalue weighted by molar-refractivity contribution is -0.139. The van der Waals surface area contributed by atoms with E-state index in [1.54, 1.807) is 0 Å². The van der Waals surface area contributed by atoms with E-state index in [0.717, 1.165) is 0 Å². The van der Waals surface area contributed by atoms with Gasteiger partial charge >= 0.3 is 12.0 Å². The third-order valence-corrected chi connectivity index (χ3v) is 2.12. The van der Waals surface area contributed by atoms with Gasteiger partial charge in [0.15, 0.2) is 0 Å². The number of amides is 1. The first-order valence-electron chi connectivity index (χ1n) is 5.49. The average Bonchev–Trinajstić information content (AvgIpc) is 2.74. The second-order valence-electron chi connectivity index (χ2n) is 4.09. The summed E-state index contributed by atoms with van der Waals surface area (Å²) in [5.41, 5.74) is 0. The maximum absolute atomic E-state index is 11.4. The molecule has 0 saturated carbocycles. The van der Waals surface area contributed by atoms with Crippen LogP contribution in [0.2, 0.25) is 0 Å². The Hall–Kier alpha value is -1.96. The van der Waals surface area contributed by atoms with Gasteiger partial charge in [-0.15, -0.1) is 5.10 Å². The van der Waals surface area contributed by atoms with Crippen LogP contribution in [-0.4, -0.2) is 39.8 Å². The largest absolute Gasteiger partial charge is 0.480 e. The Morgan fingerprint density at radius 3 is 2.50 bits per heavy atom. The number of hydrogen-bond acceptors (Lipinski definition) is 6. The molecule has 1 aromatic heterocycles. The zero-order valence-corrected chi connectivity index (χ0v) is 10.4. The van der Waals surface area contributed by atoms with Crippen molar-refractivity contribution in [3.8, 4) is 0 Å². The van der Waals surface area contributed by atoms with E-state index >= 15 is 0 Å². The van der Waals surface area contributed by atoms with Crippen LogP contribution in [0.5, 0.6) is 0 Å². The number of carbonyl (C=O) groups excluding carboxylic acids is 1. The summed E-state index contributed by atoms with van der Waals surface area (Å²) in [4.78, 5) is 21.9. The van der Waals surface area contributed by atoms with Crippen molar-refractivity contribution in [1.82, 2.24) is 15.5 Å². The van der Waals surface area contributed by atoms with Crippen molar-refractivity contribution in [2.24, 2.45) is 0 Å². The van der Waals surface area contributed by atoms with E-state index in [1.807, 2.05) is 13.8 Å². The summed E-state index contributed by atoms with van der Waals surface area (Å²) >= 11 is 0. The summed E-state index contributed by atoms with van der Waals surface area (Å²) in [7, 11) is 0. The summed E-state index contributed by atoms with van der Waals surface area (Å²) in [6.07, 6.45) is 0. The van der Waals surface area contributed by atoms with Crippen molar-refractivity contribution in [2.75, 3.05) is 11.9 Å². The minimum atomic E-state index is -1.03. The molecule has 1 aromatic rings. The van der Waals surface area contributed by atoms with Gasteiger partial charge in [0.05, 0.1) is 6.54 Å². The maximum Gasteiger partial charge on any atom is 0.322 e. The molecule has 0 fully saturated rings. The summed E-state index contributed by atoms with van der Waals surface area (Å²) in [6, 6.07) is -0.793. The number of aliphatic carboxylic acids is 1. The lowest BCUT2D eigenvalue weighted by Gasteiger charge is -2.07. The quantitative estimate of drug-likeness (QED) is 0.665. The van der Waals surface area contributed by atoms with Crippen LogP contribution in [0.25, 0.3) is 0 Å². The molecule has 0 bridgehead atoms. The second kappa shape index (κ2) is 6.10. The van der Waals surface area contributed by atoms with Gasteiger partial charge in [0.1, 0.15) is 6.04 Å². The molecular formula is C10H16N4O4. The highest BCUT2D eigenvalue weighted by atomic mass is 16.4. The molecule has 0 aliphatic carbocycles. The summed E-state index contributed by atoms with van der Waals surface area (Å²) in [5.74, 6) is -0.963. The van der Waals surface area contributed by atoms with Gasteiger partial charge in [0.2, 0.25) is 11.8 Å². The van der Waals surface area contributed by atoms with E-state index in [0.29, 0.717) is 5.89 Å². The van der Waals surface area contributed by atoms with E-state index in [-0.39, 0.29) is 18.5 Å². The van der Waals surface area contributed by atoms with Gasteiger partial charge in [-0.05, 0) is 6.92 Å². The fraction of sp³-hybridized carbons (Fsp3) is 0.600. The van der Waals surface area contributed by atoms with Gasteiger partial charge in [-0.25, -0.2) is 0 Å². The van der Waals surface area contributed by atoms with Crippen LogP contribution >= 0.6 is 0 Å². The number of nitrogens with zero attached hydrogens (tertiary/aromatic N) is 2. The maximum atomic E-state index is 11.4. The number of anilines is 1. The van der Waals surface area contributed by atoms with E-state index in [4.69, 9.17) is 9.52 Å². The number of carboxylic acid groups (broad SMARTS) is 1. The van der Waals surface area contributed by atoms with Crippen LogP contribution in [0.1, 0.15) is 32.6 Å². The first kappa shape index (κ1) is 14.1. The van der Waals surface area contributed by atoms with Crippen molar-refractivity contribution in [1.29, 1.82) is 0 Å². The number of hydrogen-bond donors (Lipinski definition) is 3. The Morgan fingerprint density at radius 1 is 1.33 bits per heavy atom. The van der Waals surface area contributed by atoms with E-state index in [2.05, 4.69) is 20.8 Å². The normalized spacial score (nSPS) is 12.4. The van der Waals surface area contributed by atoms with Crippen LogP contribution in [-0.2, 0) is 9.59 Å². The van der Waals surface area contributed by atoms with Gasteiger partial charge in [-0.1, -0.05) is 18.9 Å². The molecule has 0 unspecified atom stereocenters. The van der Waals surface area contributed by atoms with Crippen LogP contribution < -0.4 is 10.6 Å². The summed E-state index contributed by atoms with van der Waals surface area (Å²) in [5, 5.41) is 20.9. The lowest BCUT2D eigenvalue weighted by Crippen LogP contribution is -2.39. The SMILES string of the molecule is CC(C)c1nnc(NC(=O)CN[C@H](C)C(=O)O)o1. The van der Waals surface area contributed by atoms with Crippen LogP contribution in [0.4, 0.5) is 6.01 Å². The van der Waals surface area contributed by atoms with Gasteiger partial charge < -0.3 is 9.52 Å². The van der Waals surface area contributed by atoms with Crippen molar-refractivity contribution < 1.29 is 19.1 Å². The van der Waals surface area contributed by atoms with E-state index in [9.17, 15) is 9.59 Å². The zero-order valence-electron chi connectivity index (χ0n) is 10.4. The minimum Gasteiger partial charge on any atom is -0.480 e. The molecule has 0 radical (unpaired) electrons. The molecule has 1 amide bonds. The van der Waals surface area contributed by atoms with E-state index in [1.165, 1.54) is 6.92 Å². The Balaban J connectivity index is 2.42. The third-order valence-electron chi connectivity index (χ3n) is 2.12.